The van der Waals surface area contributed by atoms with E-state index in [1.54, 1.807) is 6.92 Å². The van der Waals surface area contributed by atoms with E-state index in [-0.39, 0.29) is 40.5 Å². The van der Waals surface area contributed by atoms with E-state index in [4.69, 9.17) is 9.57 Å². The Bertz CT molecular complexity index is 1260. The van der Waals surface area contributed by atoms with E-state index in [0.29, 0.717) is 5.01 Å². The van der Waals surface area contributed by atoms with Gasteiger partial charge in [0.1, 0.15) is 16.6 Å². The Morgan fingerprint density at radius 1 is 1.24 bits per heavy atom. The maximum absolute atomic E-state index is 14.0. The molecule has 0 aliphatic rings. The summed E-state index contributed by atoms with van der Waals surface area (Å²) in [7, 11) is 2.51. The van der Waals surface area contributed by atoms with Crippen LogP contribution in [0, 0.1) is 11.6 Å². The molecule has 0 aliphatic heterocycles. The van der Waals surface area contributed by atoms with E-state index in [0.717, 1.165) is 34.4 Å². The van der Waals surface area contributed by atoms with Gasteiger partial charge in [0.25, 0.3) is 5.91 Å². The van der Waals surface area contributed by atoms with Gasteiger partial charge in [-0.05, 0) is 18.6 Å². The predicted molar refractivity (Wildman–Crippen MR) is 114 cm³/mol. The topological polar surface area (TPSA) is 124 Å². The van der Waals surface area contributed by atoms with Gasteiger partial charge in [-0.15, -0.1) is 10.2 Å². The van der Waals surface area contributed by atoms with Crippen molar-refractivity contribution >= 4 is 23.3 Å². The number of rotatable bonds is 7. The van der Waals surface area contributed by atoms with Gasteiger partial charge in [-0.25, -0.2) is 13.6 Å². The molecule has 13 heteroatoms. The van der Waals surface area contributed by atoms with Crippen molar-refractivity contribution in [1.29, 1.82) is 0 Å². The molecule has 174 valence electrons. The molecule has 0 bridgehead atoms. The molecule has 10 nitrogen and oxygen atoms in total. The second-order valence-corrected chi connectivity index (χ2v) is 7.54. The molecule has 3 rings (SSSR count). The number of halogens is 2. The number of amides is 2. The molecule has 0 unspecified atom stereocenters. The monoisotopic (exact) mass is 479 g/mol. The average Bonchev–Trinajstić information content (AvgIpc) is 3.24. The van der Waals surface area contributed by atoms with Crippen molar-refractivity contribution in [3.8, 4) is 16.3 Å². The number of aromatic nitrogens is 3. The molecule has 2 N–H and O–H groups in total. The molecule has 0 atom stereocenters. The molecule has 0 saturated heterocycles. The number of methoxy groups -OCH3 is 1. The summed E-state index contributed by atoms with van der Waals surface area (Å²) < 4.78 is 33.1. The fourth-order valence-electron chi connectivity index (χ4n) is 2.83. The van der Waals surface area contributed by atoms with Gasteiger partial charge in [0.05, 0.1) is 18.9 Å². The van der Waals surface area contributed by atoms with Crippen LogP contribution in [0.1, 0.15) is 28.0 Å². The summed E-state index contributed by atoms with van der Waals surface area (Å²) in [5.74, 6) is -2.51. The second kappa shape index (κ2) is 10.2. The van der Waals surface area contributed by atoms with E-state index in [9.17, 15) is 23.2 Å². The predicted octanol–water partition coefficient (Wildman–Crippen LogP) is 1.76. The number of hydrogen-bond acceptors (Lipinski definition) is 8. The second-order valence-electron chi connectivity index (χ2n) is 6.48. The Balaban J connectivity index is 2.07. The molecule has 0 aliphatic carbocycles. The van der Waals surface area contributed by atoms with Crippen LogP contribution in [0.25, 0.3) is 10.6 Å². The lowest BCUT2D eigenvalue weighted by molar-refractivity contribution is 0.0889. The summed E-state index contributed by atoms with van der Waals surface area (Å²) in [6.45, 7) is 1.92. The van der Waals surface area contributed by atoms with Gasteiger partial charge in [-0.1, -0.05) is 17.4 Å². The summed E-state index contributed by atoms with van der Waals surface area (Å²) in [4.78, 5) is 42.5. The lowest BCUT2D eigenvalue weighted by Crippen LogP contribution is -2.36. The third-order valence-corrected chi connectivity index (χ3v) is 5.29. The van der Waals surface area contributed by atoms with E-state index < -0.39 is 29.1 Å². The first-order chi connectivity index (χ1) is 15.8. The van der Waals surface area contributed by atoms with E-state index in [2.05, 4.69) is 20.8 Å². The lowest BCUT2D eigenvalue weighted by atomic mass is 10.1. The number of carbonyl (C=O) groups is 2. The first-order valence-corrected chi connectivity index (χ1v) is 10.4. The number of nitrogens with zero attached hydrogens (tertiary/aromatic N) is 3. The minimum atomic E-state index is -0.901. The Morgan fingerprint density at radius 3 is 2.64 bits per heavy atom. The van der Waals surface area contributed by atoms with E-state index in [1.807, 2.05) is 0 Å². The van der Waals surface area contributed by atoms with Crippen LogP contribution in [-0.2, 0) is 6.42 Å². The van der Waals surface area contributed by atoms with Crippen molar-refractivity contribution in [3.63, 3.8) is 0 Å². The number of carbonyl (C=O) groups excluding carboxylic acids is 2. The zero-order valence-corrected chi connectivity index (χ0v) is 18.6. The molecule has 0 saturated carbocycles. The van der Waals surface area contributed by atoms with Gasteiger partial charge in [-0.3, -0.25) is 9.59 Å². The fourth-order valence-corrected chi connectivity index (χ4v) is 3.70. The quantitative estimate of drug-likeness (QED) is 0.529. The van der Waals surface area contributed by atoms with Crippen LogP contribution in [0.5, 0.6) is 5.75 Å². The van der Waals surface area contributed by atoms with Crippen molar-refractivity contribution in [2.24, 2.45) is 0 Å². The van der Waals surface area contributed by atoms with E-state index in [1.165, 1.54) is 20.2 Å². The number of benzene rings is 1. The van der Waals surface area contributed by atoms with Gasteiger partial charge in [0.15, 0.2) is 16.5 Å². The van der Waals surface area contributed by atoms with Crippen LogP contribution < -0.4 is 25.6 Å². The number of pyridine rings is 1. The van der Waals surface area contributed by atoms with Crippen LogP contribution in [0.3, 0.4) is 0 Å². The Hall–Kier alpha value is -3.87. The van der Waals surface area contributed by atoms with Crippen molar-refractivity contribution in [3.05, 3.63) is 62.5 Å². The average molecular weight is 479 g/mol. The van der Waals surface area contributed by atoms with Gasteiger partial charge in [0.2, 0.25) is 5.43 Å². The summed E-state index contributed by atoms with van der Waals surface area (Å²) in [5.41, 5.74) is -0.878. The molecule has 0 fully saturated rings. The molecular formula is C20H19F2N5O5S. The smallest absolute Gasteiger partial charge is 0.431 e. The Kier molecular flexibility index (Phi) is 7.33. The zero-order chi connectivity index (χ0) is 24.1. The first kappa shape index (κ1) is 23.8. The van der Waals surface area contributed by atoms with Crippen LogP contribution in [0.15, 0.2) is 29.2 Å². The molecule has 3 aromatic rings. The molecule has 0 radical (unpaired) electrons. The molecule has 33 heavy (non-hydrogen) atoms. The highest BCUT2D eigenvalue weighted by molar-refractivity contribution is 7.14. The number of nitrogens with one attached hydrogen (secondary N) is 2. The summed E-state index contributed by atoms with van der Waals surface area (Å²) >= 11 is 0.977. The number of hydrogen-bond donors (Lipinski definition) is 2. The third-order valence-electron chi connectivity index (χ3n) is 4.33. The minimum absolute atomic E-state index is 0.0147. The normalized spacial score (nSPS) is 10.6. The highest BCUT2D eigenvalue weighted by Gasteiger charge is 2.26. The zero-order valence-electron chi connectivity index (χ0n) is 17.8. The molecule has 1 aromatic carbocycles. The van der Waals surface area contributed by atoms with Crippen LogP contribution in [0.2, 0.25) is 0 Å². The molecular weight excluding hydrogens is 460 g/mol. The Morgan fingerprint density at radius 2 is 2.00 bits per heavy atom. The maximum Gasteiger partial charge on any atom is 0.431 e. The minimum Gasteiger partial charge on any atom is -0.490 e. The highest BCUT2D eigenvalue weighted by atomic mass is 32.1. The van der Waals surface area contributed by atoms with E-state index >= 15 is 0 Å². The molecule has 2 heterocycles. The summed E-state index contributed by atoms with van der Waals surface area (Å²) in [6.07, 6.45) is 0.232. The van der Waals surface area contributed by atoms with Crippen LogP contribution in [0.4, 0.5) is 13.6 Å². The number of ether oxygens (including phenoxy) is 1. The fraction of sp³-hybridized carbons (Fsp3) is 0.250. The summed E-state index contributed by atoms with van der Waals surface area (Å²) in [6, 6.07) is 3.18. The standard InChI is InChI=1S/C20H19F2N5O5S/c1-4-24-18(29)15-17(31-3)16(28)12(9-27(15)32-20(30)23-2)19-26-25-14(33-19)7-10-5-6-11(21)8-13(10)22/h5-6,8-9H,4,7H2,1-3H3,(H,23,30)(H,24,29). The van der Waals surface area contributed by atoms with Crippen molar-refractivity contribution in [1.82, 2.24) is 25.6 Å². The first-order valence-electron chi connectivity index (χ1n) is 9.57. The molecule has 2 aromatic heterocycles. The van der Waals surface area contributed by atoms with Gasteiger partial charge < -0.3 is 20.2 Å². The lowest BCUT2D eigenvalue weighted by Gasteiger charge is -2.16. The SMILES string of the molecule is CCNC(=O)c1c(OC)c(=O)c(-c2nnc(Cc3ccc(F)cc3F)s2)cn1OC(=O)NC. The largest absolute Gasteiger partial charge is 0.490 e. The van der Waals surface area contributed by atoms with Gasteiger partial charge in [-0.2, -0.15) is 4.73 Å². The molecule has 2 amide bonds. The Labute approximate surface area is 190 Å². The van der Waals surface area contributed by atoms with Crippen LogP contribution in [-0.4, -0.2) is 47.6 Å². The maximum atomic E-state index is 14.0. The van der Waals surface area contributed by atoms with Gasteiger partial charge >= 0.3 is 6.09 Å². The molecule has 0 spiro atoms. The van der Waals surface area contributed by atoms with Crippen LogP contribution >= 0.6 is 11.3 Å². The third kappa shape index (κ3) is 5.14. The summed E-state index contributed by atoms with van der Waals surface area (Å²) in [5, 5.41) is 13.2. The van der Waals surface area contributed by atoms with Crippen molar-refractivity contribution in [2.75, 3.05) is 20.7 Å². The highest BCUT2D eigenvalue weighted by Crippen LogP contribution is 2.26. The van der Waals surface area contributed by atoms with Crippen molar-refractivity contribution in [2.45, 2.75) is 13.3 Å². The van der Waals surface area contributed by atoms with Crippen molar-refractivity contribution < 1.29 is 27.9 Å². The van der Waals surface area contributed by atoms with Gasteiger partial charge in [0, 0.05) is 26.1 Å².